The molecular weight excluding hydrogens is 709 g/mol. The van der Waals surface area contributed by atoms with E-state index in [4.69, 9.17) is 24.4 Å². The van der Waals surface area contributed by atoms with E-state index < -0.39 is 0 Å². The van der Waals surface area contributed by atoms with Crippen molar-refractivity contribution in [2.24, 2.45) is 11.8 Å². The highest BCUT2D eigenvalue weighted by molar-refractivity contribution is 7.21. The predicted molar refractivity (Wildman–Crippen MR) is 225 cm³/mol. The number of nitrogens with zero attached hydrogens (tertiary/aromatic N) is 6. The van der Waals surface area contributed by atoms with Crippen LogP contribution in [0.4, 0.5) is 0 Å². The first-order valence-corrected chi connectivity index (χ1v) is 19.6. The van der Waals surface area contributed by atoms with Crippen LogP contribution >= 0.6 is 11.3 Å². The smallest absolute Gasteiger partial charge is 0.181 e. The summed E-state index contributed by atoms with van der Waals surface area (Å²) in [7, 11) is 0. The van der Waals surface area contributed by atoms with Crippen molar-refractivity contribution in [3.8, 4) is 50.2 Å². The molecule has 0 amide bonds. The lowest BCUT2D eigenvalue weighted by Gasteiger charge is -2.10. The van der Waals surface area contributed by atoms with E-state index in [2.05, 4.69) is 125 Å². The van der Waals surface area contributed by atoms with E-state index >= 15 is 0 Å². The monoisotopic (exact) mass is 738 g/mol. The lowest BCUT2D eigenvalue weighted by Crippen LogP contribution is -2.03. The van der Waals surface area contributed by atoms with Crippen LogP contribution in [0.3, 0.4) is 0 Å². The minimum atomic E-state index is 0.593. The van der Waals surface area contributed by atoms with Crippen molar-refractivity contribution in [2.45, 2.75) is 6.42 Å². The summed E-state index contributed by atoms with van der Waals surface area (Å²) >= 11 is 1.70. The van der Waals surface area contributed by atoms with Gasteiger partial charge in [0.2, 0.25) is 0 Å². The van der Waals surface area contributed by atoms with Gasteiger partial charge in [0.1, 0.15) is 10.5 Å². The average molecular weight is 739 g/mol. The summed E-state index contributed by atoms with van der Waals surface area (Å²) in [6.45, 7) is 0. The third kappa shape index (κ3) is 5.21. The molecule has 6 aromatic carbocycles. The van der Waals surface area contributed by atoms with Crippen molar-refractivity contribution in [3.05, 3.63) is 164 Å². The first-order chi connectivity index (χ1) is 27.7. The molecular formula is C48H30N6OS. The van der Waals surface area contributed by atoms with Crippen molar-refractivity contribution in [1.29, 1.82) is 0 Å². The minimum Gasteiger partial charge on any atom is -0.443 e. The van der Waals surface area contributed by atoms with Crippen molar-refractivity contribution in [1.82, 2.24) is 29.5 Å². The van der Waals surface area contributed by atoms with Crippen LogP contribution < -0.4 is 0 Å². The van der Waals surface area contributed by atoms with Crippen LogP contribution in [-0.4, -0.2) is 29.5 Å². The first kappa shape index (κ1) is 31.3. The van der Waals surface area contributed by atoms with E-state index in [0.717, 1.165) is 76.4 Å². The normalized spacial score (nSPS) is 16.2. The first-order valence-electron chi connectivity index (χ1n) is 18.8. The van der Waals surface area contributed by atoms with Crippen LogP contribution in [0.15, 0.2) is 162 Å². The van der Waals surface area contributed by atoms with E-state index in [-0.39, 0.29) is 0 Å². The average Bonchev–Trinajstić information content (AvgIpc) is 3.52. The van der Waals surface area contributed by atoms with E-state index in [1.165, 1.54) is 23.6 Å². The number of para-hydroxylation sites is 1. The van der Waals surface area contributed by atoms with Gasteiger partial charge in [-0.05, 0) is 90.0 Å². The molecule has 0 saturated heterocycles. The number of thiazole rings is 1. The second-order valence-corrected chi connectivity index (χ2v) is 15.6. The third-order valence-corrected chi connectivity index (χ3v) is 12.2. The number of rotatable bonds is 6. The molecule has 1 fully saturated rings. The van der Waals surface area contributed by atoms with Gasteiger partial charge in [0, 0.05) is 38.7 Å². The number of hydrogen-bond acceptors (Lipinski definition) is 7. The van der Waals surface area contributed by atoms with Crippen molar-refractivity contribution in [2.75, 3.05) is 0 Å². The Bertz CT molecular complexity index is 3260. The van der Waals surface area contributed by atoms with E-state index in [1.807, 2.05) is 36.4 Å². The zero-order chi connectivity index (χ0) is 36.7. The molecule has 4 heterocycles. The van der Waals surface area contributed by atoms with Gasteiger partial charge in [-0.25, -0.2) is 24.9 Å². The van der Waals surface area contributed by atoms with Crippen LogP contribution in [0.1, 0.15) is 12.2 Å². The molecule has 0 spiro atoms. The molecule has 2 aliphatic carbocycles. The van der Waals surface area contributed by atoms with Gasteiger partial charge >= 0.3 is 0 Å². The molecule has 264 valence electrons. The van der Waals surface area contributed by atoms with Gasteiger partial charge in [-0.3, -0.25) is 0 Å². The largest absolute Gasteiger partial charge is 0.443 e. The predicted octanol–water partition coefficient (Wildman–Crippen LogP) is 12.0. The molecule has 0 aliphatic heterocycles. The van der Waals surface area contributed by atoms with Gasteiger partial charge in [-0.1, -0.05) is 91.0 Å². The highest BCUT2D eigenvalue weighted by Crippen LogP contribution is 2.46. The van der Waals surface area contributed by atoms with Gasteiger partial charge in [-0.2, -0.15) is 0 Å². The maximum atomic E-state index is 5.52. The van der Waals surface area contributed by atoms with Crippen molar-refractivity contribution in [3.63, 3.8) is 0 Å². The second kappa shape index (κ2) is 12.2. The number of aromatic nitrogens is 6. The summed E-state index contributed by atoms with van der Waals surface area (Å²) in [5, 5.41) is 3.37. The summed E-state index contributed by atoms with van der Waals surface area (Å²) in [6.07, 6.45) is 9.49. The SMILES string of the molecule is C1=CC2C[C@H]2C=C1c1nc(-c2ccccc2)nc(-c2ccc3sc(-c4cccc(-c5ccc6c(c5)c5ccccc5n6-c5ccc6ocnc6c5)c4)nc3c2)n1. The number of benzene rings is 6. The van der Waals surface area contributed by atoms with E-state index in [0.29, 0.717) is 29.3 Å². The van der Waals surface area contributed by atoms with Crippen LogP contribution in [0.2, 0.25) is 0 Å². The zero-order valence-electron chi connectivity index (χ0n) is 29.9. The standard InChI is InChI=1S/C48H30N6OS/c1-2-7-28(8-3-1)45-51-46(32-14-13-30-22-35(30)23-32)53-47(52-45)33-16-20-44-40(25-33)50-48(56-44)34-10-6-9-29(21-34)31-15-18-42-38(24-31)37-11-4-5-12-41(37)54(42)36-17-19-43-39(26-36)49-27-55-43/h1-21,23-27,30,35H,22H2/t30?,35-/m0/s1. The molecule has 8 heteroatoms. The Kier molecular flexibility index (Phi) is 6.85. The van der Waals surface area contributed by atoms with Gasteiger partial charge in [0.15, 0.2) is 29.4 Å². The minimum absolute atomic E-state index is 0.593. The van der Waals surface area contributed by atoms with Gasteiger partial charge in [0.05, 0.1) is 21.3 Å². The molecule has 12 rings (SSSR count). The Labute approximate surface area is 325 Å². The Morgan fingerprint density at radius 2 is 1.36 bits per heavy atom. The summed E-state index contributed by atoms with van der Waals surface area (Å²) in [6, 6.07) is 46.7. The maximum absolute atomic E-state index is 5.52. The lowest BCUT2D eigenvalue weighted by atomic mass is 10.0. The van der Waals surface area contributed by atoms with E-state index in [9.17, 15) is 0 Å². The molecule has 0 bridgehead atoms. The van der Waals surface area contributed by atoms with Crippen molar-refractivity contribution < 1.29 is 4.42 Å². The number of oxazole rings is 1. The molecule has 1 unspecified atom stereocenters. The highest BCUT2D eigenvalue weighted by Gasteiger charge is 2.35. The van der Waals surface area contributed by atoms with Crippen LogP contribution in [0.5, 0.6) is 0 Å². The molecule has 0 radical (unpaired) electrons. The summed E-state index contributed by atoms with van der Waals surface area (Å²) in [5.41, 5.74) is 12.2. The van der Waals surface area contributed by atoms with Crippen LogP contribution in [0.25, 0.3) is 98.9 Å². The number of allylic oxidation sites excluding steroid dienone is 4. The summed E-state index contributed by atoms with van der Waals surface area (Å²) < 4.78 is 8.94. The molecule has 4 aromatic heterocycles. The van der Waals surface area contributed by atoms with Crippen molar-refractivity contribution >= 4 is 60.0 Å². The molecule has 2 aliphatic rings. The summed E-state index contributed by atoms with van der Waals surface area (Å²) in [4.78, 5) is 24.5. The fraction of sp³-hybridized carbons (Fsp3) is 0.0625. The molecule has 56 heavy (non-hydrogen) atoms. The van der Waals surface area contributed by atoms with Gasteiger partial charge < -0.3 is 8.98 Å². The Morgan fingerprint density at radius 1 is 0.571 bits per heavy atom. The molecule has 1 saturated carbocycles. The maximum Gasteiger partial charge on any atom is 0.181 e. The molecule has 2 atom stereocenters. The quantitative estimate of drug-likeness (QED) is 0.169. The molecule has 10 aromatic rings. The Balaban J connectivity index is 0.911. The Morgan fingerprint density at radius 3 is 2.29 bits per heavy atom. The zero-order valence-corrected chi connectivity index (χ0v) is 30.7. The summed E-state index contributed by atoms with van der Waals surface area (Å²) in [5.74, 6) is 3.29. The number of fused-ring (bicyclic) bond motifs is 6. The fourth-order valence-electron chi connectivity index (χ4n) is 8.10. The third-order valence-electron chi connectivity index (χ3n) is 11.1. The number of hydrogen-bond donors (Lipinski definition) is 0. The Hall–Kier alpha value is -7.03. The fourth-order valence-corrected chi connectivity index (χ4v) is 9.04. The van der Waals surface area contributed by atoms with Gasteiger partial charge in [-0.15, -0.1) is 11.3 Å². The topological polar surface area (TPSA) is 82.5 Å². The van der Waals surface area contributed by atoms with Crippen LogP contribution in [-0.2, 0) is 0 Å². The lowest BCUT2D eigenvalue weighted by molar-refractivity contribution is 0.602. The van der Waals surface area contributed by atoms with Crippen LogP contribution in [0, 0.1) is 11.8 Å². The molecule has 0 N–H and O–H groups in total. The van der Waals surface area contributed by atoms with Gasteiger partial charge in [0.25, 0.3) is 0 Å². The highest BCUT2D eigenvalue weighted by atomic mass is 32.1. The molecule has 7 nitrogen and oxygen atoms in total. The second-order valence-electron chi connectivity index (χ2n) is 14.6. The van der Waals surface area contributed by atoms with E-state index in [1.54, 1.807) is 11.3 Å².